The fraction of sp³-hybridized carbons (Fsp3) is 0.640. The molecule has 210 valence electrons. The van der Waals surface area contributed by atoms with E-state index in [0.717, 1.165) is 45.0 Å². The predicted molar refractivity (Wildman–Crippen MR) is 143 cm³/mol. The molecule has 1 N–H and O–H groups in total. The number of thiazole rings is 1. The monoisotopic (exact) mass is 575 g/mol. The van der Waals surface area contributed by atoms with Crippen molar-refractivity contribution in [1.82, 2.24) is 14.3 Å². The summed E-state index contributed by atoms with van der Waals surface area (Å²) in [6, 6.07) is 1.04. The highest BCUT2D eigenvalue weighted by Gasteiger charge is 2.42. The molecule has 1 aliphatic carbocycles. The summed E-state index contributed by atoms with van der Waals surface area (Å²) in [5.74, 6) is -0.593. The van der Waals surface area contributed by atoms with Crippen LogP contribution in [0.15, 0.2) is 12.3 Å². The minimum absolute atomic E-state index is 0.0772. The van der Waals surface area contributed by atoms with E-state index in [9.17, 15) is 22.4 Å². The van der Waals surface area contributed by atoms with Gasteiger partial charge in [-0.2, -0.15) is 13.2 Å². The van der Waals surface area contributed by atoms with Crippen LogP contribution in [0.2, 0.25) is 0 Å². The largest absolute Gasteiger partial charge is 0.443 e. The number of nitrogens with zero attached hydrogens (tertiary/aromatic N) is 4. The van der Waals surface area contributed by atoms with E-state index >= 15 is 0 Å². The minimum atomic E-state index is -4.85. The lowest BCUT2D eigenvalue weighted by Gasteiger charge is -2.30. The van der Waals surface area contributed by atoms with Gasteiger partial charge < -0.3 is 10.1 Å². The number of nitrogens with one attached hydrogen (secondary N) is 1. The number of anilines is 2. The van der Waals surface area contributed by atoms with Gasteiger partial charge in [0.25, 0.3) is 0 Å². The van der Waals surface area contributed by atoms with E-state index in [1.807, 2.05) is 6.26 Å². The smallest absolute Gasteiger partial charge is 0.434 e. The highest BCUT2D eigenvalue weighted by atomic mass is 32.2. The number of hydrogen-bond donors (Lipinski definition) is 1. The molecule has 2 aromatic rings. The zero-order valence-corrected chi connectivity index (χ0v) is 23.5. The molecule has 1 saturated carbocycles. The topological polar surface area (TPSA) is 70.6 Å². The maximum absolute atomic E-state index is 15.0. The van der Waals surface area contributed by atoms with Gasteiger partial charge in [0.15, 0.2) is 10.8 Å². The number of rotatable bonds is 6. The average molecular weight is 576 g/mol. The van der Waals surface area contributed by atoms with Crippen LogP contribution in [-0.4, -0.2) is 57.4 Å². The van der Waals surface area contributed by atoms with Crippen molar-refractivity contribution in [3.05, 3.63) is 23.8 Å². The molecule has 0 bridgehead atoms. The summed E-state index contributed by atoms with van der Waals surface area (Å²) < 4.78 is 65.3. The van der Waals surface area contributed by atoms with E-state index < -0.39 is 29.4 Å². The second-order valence-corrected chi connectivity index (χ2v) is 12.4. The van der Waals surface area contributed by atoms with Crippen LogP contribution in [0.25, 0.3) is 10.4 Å². The Morgan fingerprint density at radius 1 is 1.18 bits per heavy atom. The van der Waals surface area contributed by atoms with Gasteiger partial charge >= 0.3 is 12.3 Å². The predicted octanol–water partition coefficient (Wildman–Crippen LogP) is 7.20. The summed E-state index contributed by atoms with van der Waals surface area (Å²) >= 11 is 2.32. The number of alkyl halides is 3. The number of aromatic nitrogens is 2. The van der Waals surface area contributed by atoms with E-state index in [4.69, 9.17) is 4.74 Å². The minimum Gasteiger partial charge on any atom is -0.443 e. The Kier molecular flexibility index (Phi) is 8.78. The number of ether oxygens (including phenoxy) is 1. The molecule has 3 heterocycles. The van der Waals surface area contributed by atoms with Gasteiger partial charge in [-0.3, -0.25) is 4.31 Å². The van der Waals surface area contributed by atoms with Crippen molar-refractivity contribution in [2.24, 2.45) is 0 Å². The maximum atomic E-state index is 15.0. The normalized spacial score (nSPS) is 18.1. The molecule has 38 heavy (non-hydrogen) atoms. The number of pyridine rings is 1. The Labute approximate surface area is 228 Å². The van der Waals surface area contributed by atoms with Crippen LogP contribution >= 0.6 is 23.3 Å². The van der Waals surface area contributed by atoms with E-state index in [1.165, 1.54) is 11.0 Å². The van der Waals surface area contributed by atoms with Crippen molar-refractivity contribution in [1.29, 1.82) is 0 Å². The first kappa shape index (κ1) is 28.9. The Morgan fingerprint density at radius 2 is 1.84 bits per heavy atom. The standard InChI is InChI=1S/C25H33F4N5O2S2/c1-24(2,3)36-23(35)34(16-7-5-6-8-16)22-32-21(25(27,28)29)20(38-22)17-13-19(30-14-18(17)26)31-15-9-11-33(37-4)12-10-15/h13-16H,5-12H2,1-4H3,(H,30,31). The molecule has 2 aliphatic rings. The van der Waals surface area contributed by atoms with Crippen LogP contribution in [0.1, 0.15) is 65.0 Å². The third kappa shape index (κ3) is 6.90. The average Bonchev–Trinajstić information content (AvgIpc) is 3.51. The van der Waals surface area contributed by atoms with Gasteiger partial charge in [0.1, 0.15) is 17.2 Å². The van der Waals surface area contributed by atoms with Crippen LogP contribution in [0.3, 0.4) is 0 Å². The molecule has 13 heteroatoms. The molecular weight excluding hydrogens is 542 g/mol. The van der Waals surface area contributed by atoms with E-state index in [-0.39, 0.29) is 27.7 Å². The summed E-state index contributed by atoms with van der Waals surface area (Å²) in [6.07, 6.45) is 1.94. The van der Waals surface area contributed by atoms with Gasteiger partial charge in [-0.25, -0.2) is 24.1 Å². The maximum Gasteiger partial charge on any atom is 0.434 e. The molecular formula is C25H33F4N5O2S2. The van der Waals surface area contributed by atoms with Gasteiger partial charge in [-0.05, 0) is 58.8 Å². The summed E-state index contributed by atoms with van der Waals surface area (Å²) in [7, 11) is 0. The third-order valence-corrected chi connectivity index (χ3v) is 8.50. The zero-order valence-electron chi connectivity index (χ0n) is 21.9. The van der Waals surface area contributed by atoms with Gasteiger partial charge in [-0.15, -0.1) is 0 Å². The van der Waals surface area contributed by atoms with Crippen molar-refractivity contribution >= 4 is 40.3 Å². The fourth-order valence-electron chi connectivity index (χ4n) is 4.73. The first-order valence-electron chi connectivity index (χ1n) is 12.7. The zero-order chi connectivity index (χ0) is 27.7. The van der Waals surface area contributed by atoms with Crippen molar-refractivity contribution in [3.63, 3.8) is 0 Å². The van der Waals surface area contributed by atoms with Gasteiger partial charge in [0, 0.05) is 30.7 Å². The number of carbonyl (C=O) groups excluding carboxylic acids is 1. The fourth-order valence-corrected chi connectivity index (χ4v) is 6.47. The molecule has 0 radical (unpaired) electrons. The lowest BCUT2D eigenvalue weighted by molar-refractivity contribution is -0.140. The number of piperidine rings is 1. The van der Waals surface area contributed by atoms with E-state index in [2.05, 4.69) is 19.6 Å². The summed E-state index contributed by atoms with van der Waals surface area (Å²) in [5, 5.41) is 3.09. The highest BCUT2D eigenvalue weighted by molar-refractivity contribution is 7.96. The molecule has 2 aromatic heterocycles. The molecule has 1 saturated heterocycles. The SMILES string of the molecule is CSN1CCC(Nc2cc(-c3sc(N(C(=O)OC(C)(C)C)C4CCCC4)nc3C(F)(F)F)c(F)cn2)CC1. The van der Waals surface area contributed by atoms with Crippen LogP contribution in [0, 0.1) is 5.82 Å². The van der Waals surface area contributed by atoms with Crippen molar-refractivity contribution < 1.29 is 27.1 Å². The Hall–Kier alpha value is -2.12. The Balaban J connectivity index is 1.70. The first-order valence-corrected chi connectivity index (χ1v) is 14.7. The number of halogens is 4. The lowest BCUT2D eigenvalue weighted by atomic mass is 10.1. The van der Waals surface area contributed by atoms with Crippen molar-refractivity contribution in [2.45, 2.75) is 83.2 Å². The molecule has 1 amide bonds. The van der Waals surface area contributed by atoms with Crippen molar-refractivity contribution in [2.75, 3.05) is 29.6 Å². The second-order valence-electron chi connectivity index (χ2n) is 10.5. The number of amides is 1. The molecule has 0 spiro atoms. The highest BCUT2D eigenvalue weighted by Crippen LogP contribution is 2.45. The number of hydrogen-bond acceptors (Lipinski definition) is 8. The third-order valence-electron chi connectivity index (χ3n) is 6.53. The summed E-state index contributed by atoms with van der Waals surface area (Å²) in [4.78, 5) is 21.9. The van der Waals surface area contributed by atoms with Crippen LogP contribution in [0.4, 0.5) is 33.3 Å². The van der Waals surface area contributed by atoms with Crippen LogP contribution in [0.5, 0.6) is 0 Å². The molecule has 1 aliphatic heterocycles. The molecule has 0 atom stereocenters. The Morgan fingerprint density at radius 3 is 2.42 bits per heavy atom. The summed E-state index contributed by atoms with van der Waals surface area (Å²) in [6.45, 7) is 6.81. The van der Waals surface area contributed by atoms with Gasteiger partial charge in [-0.1, -0.05) is 36.1 Å². The Bertz CT molecular complexity index is 1120. The molecule has 4 rings (SSSR count). The molecule has 0 unspecified atom stereocenters. The quantitative estimate of drug-likeness (QED) is 0.289. The summed E-state index contributed by atoms with van der Waals surface area (Å²) in [5.41, 5.74) is -2.32. The first-order chi connectivity index (χ1) is 17.9. The molecule has 0 aromatic carbocycles. The number of carbonyl (C=O) groups is 1. The van der Waals surface area contributed by atoms with Crippen LogP contribution < -0.4 is 10.2 Å². The van der Waals surface area contributed by atoms with Gasteiger partial charge in [0.05, 0.1) is 11.1 Å². The molecule has 7 nitrogen and oxygen atoms in total. The van der Waals surface area contributed by atoms with Crippen LogP contribution in [-0.2, 0) is 10.9 Å². The lowest BCUT2D eigenvalue weighted by Crippen LogP contribution is -2.42. The second kappa shape index (κ2) is 11.5. The van der Waals surface area contributed by atoms with E-state index in [0.29, 0.717) is 30.0 Å². The molecule has 2 fully saturated rings. The van der Waals surface area contributed by atoms with Crippen molar-refractivity contribution in [3.8, 4) is 10.4 Å². The van der Waals surface area contributed by atoms with E-state index in [1.54, 1.807) is 32.7 Å². The van der Waals surface area contributed by atoms with Gasteiger partial charge in [0.2, 0.25) is 0 Å².